The lowest BCUT2D eigenvalue weighted by Crippen LogP contribution is -2.47. The van der Waals surface area contributed by atoms with Crippen LogP contribution in [-0.2, 0) is 4.74 Å². The molecule has 0 radical (unpaired) electrons. The van der Waals surface area contributed by atoms with Gasteiger partial charge in [0.15, 0.2) is 5.69 Å². The lowest BCUT2D eigenvalue weighted by atomic mass is 9.95. The van der Waals surface area contributed by atoms with Crippen LogP contribution < -0.4 is 10.6 Å². The molecule has 3 atom stereocenters. The largest absolute Gasteiger partial charge is 0.380 e. The van der Waals surface area contributed by atoms with Gasteiger partial charge in [0.05, 0.1) is 19.1 Å². The van der Waals surface area contributed by atoms with Gasteiger partial charge < -0.3 is 19.9 Å². The molecule has 2 N–H and O–H groups in total. The molecule has 1 amide bonds. The molecule has 5 fully saturated rings. The van der Waals surface area contributed by atoms with Gasteiger partial charge in [-0.15, -0.1) is 0 Å². The van der Waals surface area contributed by atoms with Gasteiger partial charge in [0.25, 0.3) is 11.8 Å². The maximum Gasteiger partial charge on any atom is 0.273 e. The molecule has 1 aromatic heterocycles. The van der Waals surface area contributed by atoms with Crippen LogP contribution in [0.25, 0.3) is 0 Å². The van der Waals surface area contributed by atoms with Crippen molar-refractivity contribution in [1.29, 1.82) is 0 Å². The molecular formula is C25H38F2N4O3S. The highest BCUT2D eigenvalue weighted by Crippen LogP contribution is 2.48. The third-order valence-corrected chi connectivity index (χ3v) is 9.25. The van der Waals surface area contributed by atoms with E-state index in [1.165, 1.54) is 44.9 Å². The van der Waals surface area contributed by atoms with E-state index in [9.17, 15) is 13.6 Å². The van der Waals surface area contributed by atoms with E-state index < -0.39 is 5.92 Å². The van der Waals surface area contributed by atoms with E-state index in [0.29, 0.717) is 43.6 Å². The number of halogens is 2. The van der Waals surface area contributed by atoms with Gasteiger partial charge in [0.2, 0.25) is 0 Å². The van der Waals surface area contributed by atoms with Gasteiger partial charge in [-0.1, -0.05) is 36.4 Å². The molecule has 3 unspecified atom stereocenters. The summed E-state index contributed by atoms with van der Waals surface area (Å²) >= 11 is 1.84. The fraction of sp³-hybridized carbons (Fsp3) is 0.840. The van der Waals surface area contributed by atoms with Crippen LogP contribution in [0.3, 0.4) is 0 Å². The highest BCUT2D eigenvalue weighted by atomic mass is 32.2. The van der Waals surface area contributed by atoms with E-state index in [2.05, 4.69) is 26.4 Å². The number of amides is 1. The number of hydrogen-bond acceptors (Lipinski definition) is 7. The van der Waals surface area contributed by atoms with E-state index in [1.54, 1.807) is 6.07 Å². The SMILES string of the molecule is CSN1C2CCC1CC(NC(=O)c1cc(C3COC3)on1)C2.FC1(F)CC1CNC1CCCCC1. The first kappa shape index (κ1) is 25.4. The number of carbonyl (C=O) groups is 1. The molecule has 35 heavy (non-hydrogen) atoms. The van der Waals surface area contributed by atoms with Crippen molar-refractivity contribution in [2.45, 2.75) is 100 Å². The van der Waals surface area contributed by atoms with Gasteiger partial charge >= 0.3 is 0 Å². The number of piperidine rings is 1. The quantitative estimate of drug-likeness (QED) is 0.526. The summed E-state index contributed by atoms with van der Waals surface area (Å²) in [5.74, 6) is -1.81. The van der Waals surface area contributed by atoms with E-state index in [4.69, 9.17) is 9.26 Å². The molecule has 196 valence electrons. The summed E-state index contributed by atoms with van der Waals surface area (Å²) in [6, 6.07) is 3.72. The zero-order chi connectivity index (χ0) is 24.4. The minimum absolute atomic E-state index is 0.104. The second-order valence-corrected chi connectivity index (χ2v) is 11.6. The molecule has 2 saturated carbocycles. The first-order valence-corrected chi connectivity index (χ1v) is 14.4. The van der Waals surface area contributed by atoms with Crippen molar-refractivity contribution in [2.75, 3.05) is 26.0 Å². The molecule has 3 saturated heterocycles. The van der Waals surface area contributed by atoms with Crippen LogP contribution >= 0.6 is 11.9 Å². The van der Waals surface area contributed by atoms with Crippen LogP contribution in [0.5, 0.6) is 0 Å². The average Bonchev–Trinajstić information content (AvgIpc) is 3.09. The molecule has 10 heteroatoms. The number of ether oxygens (including phenoxy) is 1. The topological polar surface area (TPSA) is 79.6 Å². The van der Waals surface area contributed by atoms with Gasteiger partial charge in [-0.25, -0.2) is 13.1 Å². The summed E-state index contributed by atoms with van der Waals surface area (Å²) in [4.78, 5) is 12.4. The minimum Gasteiger partial charge on any atom is -0.380 e. The summed E-state index contributed by atoms with van der Waals surface area (Å²) in [5, 5.41) is 10.3. The number of hydrogen-bond donors (Lipinski definition) is 2. The van der Waals surface area contributed by atoms with Gasteiger partial charge in [0.1, 0.15) is 5.76 Å². The number of fused-ring (bicyclic) bond motifs is 2. The number of aromatic nitrogens is 1. The van der Waals surface area contributed by atoms with Gasteiger partial charge in [-0.2, -0.15) is 0 Å². The van der Waals surface area contributed by atoms with Crippen LogP contribution in [-0.4, -0.2) is 71.5 Å². The summed E-state index contributed by atoms with van der Waals surface area (Å²) in [5.41, 5.74) is 0.390. The van der Waals surface area contributed by atoms with Gasteiger partial charge in [-0.3, -0.25) is 4.79 Å². The second-order valence-electron chi connectivity index (χ2n) is 10.8. The van der Waals surface area contributed by atoms with Crippen molar-refractivity contribution in [3.8, 4) is 0 Å². The third-order valence-electron chi connectivity index (χ3n) is 8.23. The molecule has 1 aromatic rings. The monoisotopic (exact) mass is 512 g/mol. The molecule has 2 bridgehead atoms. The predicted octanol–water partition coefficient (Wildman–Crippen LogP) is 4.36. The molecule has 6 rings (SSSR count). The van der Waals surface area contributed by atoms with E-state index >= 15 is 0 Å². The maximum atomic E-state index is 12.5. The van der Waals surface area contributed by atoms with E-state index in [0.717, 1.165) is 18.6 Å². The number of nitrogens with zero attached hydrogens (tertiary/aromatic N) is 2. The Balaban J connectivity index is 0.000000166. The summed E-state index contributed by atoms with van der Waals surface area (Å²) in [6.07, 6.45) is 13.0. The van der Waals surface area contributed by atoms with Crippen LogP contribution in [0.4, 0.5) is 8.78 Å². The lowest BCUT2D eigenvalue weighted by Gasteiger charge is -2.37. The first-order chi connectivity index (χ1) is 16.9. The normalized spacial score (nSPS) is 32.4. The Labute approximate surface area is 210 Å². The fourth-order valence-corrected chi connectivity index (χ4v) is 6.88. The average molecular weight is 513 g/mol. The Morgan fingerprint density at radius 3 is 2.40 bits per heavy atom. The summed E-state index contributed by atoms with van der Waals surface area (Å²) < 4.78 is 37.9. The van der Waals surface area contributed by atoms with Crippen molar-refractivity contribution in [1.82, 2.24) is 20.1 Å². The Bertz CT molecular complexity index is 848. The van der Waals surface area contributed by atoms with Crippen LogP contribution in [0.15, 0.2) is 10.6 Å². The fourth-order valence-electron chi connectivity index (χ4n) is 5.90. The lowest BCUT2D eigenvalue weighted by molar-refractivity contribution is -0.00228. The van der Waals surface area contributed by atoms with Crippen molar-refractivity contribution in [3.63, 3.8) is 0 Å². The number of alkyl halides is 2. The first-order valence-electron chi connectivity index (χ1n) is 13.2. The zero-order valence-electron chi connectivity index (χ0n) is 20.5. The molecule has 4 heterocycles. The molecule has 7 nitrogen and oxygen atoms in total. The molecular weight excluding hydrogens is 474 g/mol. The maximum absolute atomic E-state index is 12.5. The highest BCUT2D eigenvalue weighted by Gasteiger charge is 2.56. The van der Waals surface area contributed by atoms with Crippen LogP contribution in [0.2, 0.25) is 0 Å². The number of nitrogens with one attached hydrogen (secondary N) is 2. The third kappa shape index (κ3) is 6.19. The summed E-state index contributed by atoms with van der Waals surface area (Å²) in [6.45, 7) is 1.84. The van der Waals surface area contributed by atoms with Crippen molar-refractivity contribution in [2.24, 2.45) is 5.92 Å². The summed E-state index contributed by atoms with van der Waals surface area (Å²) in [7, 11) is 0. The Morgan fingerprint density at radius 1 is 1.14 bits per heavy atom. The molecule has 2 aliphatic carbocycles. The number of carbonyl (C=O) groups excluding carboxylic acids is 1. The Kier molecular flexibility index (Phi) is 8.01. The molecule has 0 spiro atoms. The van der Waals surface area contributed by atoms with Crippen molar-refractivity contribution >= 4 is 17.9 Å². The minimum atomic E-state index is -2.35. The molecule has 3 aliphatic heterocycles. The number of rotatable bonds is 7. The zero-order valence-corrected chi connectivity index (χ0v) is 21.3. The van der Waals surface area contributed by atoms with Crippen LogP contribution in [0, 0.1) is 5.92 Å². The second kappa shape index (κ2) is 11.0. The Morgan fingerprint density at radius 2 is 1.83 bits per heavy atom. The van der Waals surface area contributed by atoms with Gasteiger partial charge in [0, 0.05) is 49.1 Å². The van der Waals surface area contributed by atoms with Crippen LogP contribution in [0.1, 0.15) is 86.4 Å². The smallest absolute Gasteiger partial charge is 0.273 e. The van der Waals surface area contributed by atoms with E-state index in [-0.39, 0.29) is 30.2 Å². The van der Waals surface area contributed by atoms with Gasteiger partial charge in [-0.05, 0) is 44.8 Å². The predicted molar refractivity (Wildman–Crippen MR) is 131 cm³/mol. The standard InChI is InChI=1S/C15H21N3O3S.C10H17F2N/c1-22-18-11-2-3-12(18)5-10(4-11)16-15(19)13-6-14(21-17-13)9-7-20-8-9;11-10(12)6-8(10)7-13-9-4-2-1-3-5-9/h6,9-12H,2-5,7-8H2,1H3,(H,16,19);8-9,13H,1-7H2. The van der Waals surface area contributed by atoms with E-state index in [1.807, 2.05) is 11.9 Å². The molecule has 5 aliphatic rings. The van der Waals surface area contributed by atoms with Crippen molar-refractivity contribution in [3.05, 3.63) is 17.5 Å². The Hall–Kier alpha value is -1.23. The molecule has 0 aromatic carbocycles. The van der Waals surface area contributed by atoms with Crippen molar-refractivity contribution < 1.29 is 22.8 Å². The highest BCUT2D eigenvalue weighted by molar-refractivity contribution is 7.96.